The normalized spacial score (nSPS) is 10.1. The first-order valence-corrected chi connectivity index (χ1v) is 5.66. The van der Waals surface area contributed by atoms with E-state index in [0.29, 0.717) is 11.4 Å². The molecule has 0 aliphatic rings. The molecule has 2 aromatic heterocycles. The smallest absolute Gasteiger partial charge is 0.323 e. The molecule has 0 bridgehead atoms. The highest BCUT2D eigenvalue weighted by Gasteiger charge is 2.15. The summed E-state index contributed by atoms with van der Waals surface area (Å²) >= 11 is 11.6. The number of urea groups is 1. The van der Waals surface area contributed by atoms with Crippen molar-refractivity contribution in [3.05, 3.63) is 47.0 Å². The van der Waals surface area contributed by atoms with Gasteiger partial charge in [0.25, 0.3) is 0 Å². The van der Waals surface area contributed by atoms with Crippen LogP contribution in [0.3, 0.4) is 0 Å². The third-order valence-corrected chi connectivity index (χ3v) is 2.57. The van der Waals surface area contributed by atoms with Crippen molar-refractivity contribution in [1.82, 2.24) is 9.97 Å². The molecule has 0 unspecified atom stereocenters. The standard InChI is InChI=1S/C11H8Cl2N4O/c12-9-5-7(1-3-15-9)17(11(14)18)8-2-4-16-10(13)6-8/h1-6H,(H2,14,18). The molecule has 0 saturated heterocycles. The van der Waals surface area contributed by atoms with Crippen molar-refractivity contribution < 1.29 is 4.79 Å². The lowest BCUT2D eigenvalue weighted by Crippen LogP contribution is -2.31. The number of nitrogens with zero attached hydrogens (tertiary/aromatic N) is 3. The fourth-order valence-electron chi connectivity index (χ4n) is 1.47. The second kappa shape index (κ2) is 5.20. The highest BCUT2D eigenvalue weighted by Crippen LogP contribution is 2.27. The Labute approximate surface area is 113 Å². The Morgan fingerprint density at radius 2 is 1.50 bits per heavy atom. The van der Waals surface area contributed by atoms with Crippen LogP contribution in [0.1, 0.15) is 0 Å². The van der Waals surface area contributed by atoms with Gasteiger partial charge in [-0.2, -0.15) is 0 Å². The van der Waals surface area contributed by atoms with E-state index in [2.05, 4.69) is 9.97 Å². The number of halogens is 2. The molecule has 0 fully saturated rings. The zero-order chi connectivity index (χ0) is 13.1. The van der Waals surface area contributed by atoms with Gasteiger partial charge in [0.05, 0.1) is 11.4 Å². The quantitative estimate of drug-likeness (QED) is 0.861. The lowest BCUT2D eigenvalue weighted by Gasteiger charge is -2.20. The van der Waals surface area contributed by atoms with Crippen LogP contribution in [-0.4, -0.2) is 16.0 Å². The van der Waals surface area contributed by atoms with Gasteiger partial charge in [-0.3, -0.25) is 4.90 Å². The molecule has 0 aromatic carbocycles. The minimum Gasteiger partial charge on any atom is -0.351 e. The van der Waals surface area contributed by atoms with E-state index in [1.54, 1.807) is 12.1 Å². The van der Waals surface area contributed by atoms with Crippen LogP contribution in [0.25, 0.3) is 0 Å². The minimum absolute atomic E-state index is 0.263. The van der Waals surface area contributed by atoms with E-state index in [-0.39, 0.29) is 10.3 Å². The number of hydrogen-bond donors (Lipinski definition) is 1. The lowest BCUT2D eigenvalue weighted by molar-refractivity contribution is 0.256. The zero-order valence-electron chi connectivity index (χ0n) is 9.05. The molecule has 0 saturated carbocycles. The summed E-state index contributed by atoms with van der Waals surface area (Å²) in [4.78, 5) is 20.5. The van der Waals surface area contributed by atoms with E-state index < -0.39 is 6.03 Å². The molecule has 0 atom stereocenters. The number of primary amides is 1. The van der Waals surface area contributed by atoms with Gasteiger partial charge in [-0.05, 0) is 24.3 Å². The third-order valence-electron chi connectivity index (χ3n) is 2.16. The molecule has 0 spiro atoms. The maximum Gasteiger partial charge on any atom is 0.323 e. The van der Waals surface area contributed by atoms with E-state index in [9.17, 15) is 4.79 Å². The molecule has 2 aromatic rings. The van der Waals surface area contributed by atoms with Crippen LogP contribution in [0.15, 0.2) is 36.7 Å². The topological polar surface area (TPSA) is 72.1 Å². The van der Waals surface area contributed by atoms with E-state index in [4.69, 9.17) is 28.9 Å². The van der Waals surface area contributed by atoms with Gasteiger partial charge in [0.2, 0.25) is 0 Å². The molecular weight excluding hydrogens is 275 g/mol. The maximum atomic E-state index is 11.5. The predicted octanol–water partition coefficient (Wildman–Crippen LogP) is 3.00. The molecule has 0 aliphatic carbocycles. The van der Waals surface area contributed by atoms with E-state index >= 15 is 0 Å². The number of carbonyl (C=O) groups excluding carboxylic acids is 1. The van der Waals surface area contributed by atoms with Crippen molar-refractivity contribution in [2.45, 2.75) is 0 Å². The first-order chi connectivity index (χ1) is 8.58. The summed E-state index contributed by atoms with van der Waals surface area (Å²) in [5, 5.41) is 0.526. The molecule has 18 heavy (non-hydrogen) atoms. The molecule has 2 rings (SSSR count). The largest absolute Gasteiger partial charge is 0.351 e. The molecular formula is C11H8Cl2N4O. The Morgan fingerprint density at radius 1 is 1.06 bits per heavy atom. The van der Waals surface area contributed by atoms with Gasteiger partial charge in [0.15, 0.2) is 0 Å². The summed E-state index contributed by atoms with van der Waals surface area (Å²) in [7, 11) is 0. The Balaban J connectivity index is 2.50. The number of amides is 2. The van der Waals surface area contributed by atoms with E-state index in [1.807, 2.05) is 0 Å². The zero-order valence-corrected chi connectivity index (χ0v) is 10.6. The molecule has 92 valence electrons. The van der Waals surface area contributed by atoms with Crippen molar-refractivity contribution in [3.63, 3.8) is 0 Å². The van der Waals surface area contributed by atoms with Crippen molar-refractivity contribution >= 4 is 40.6 Å². The van der Waals surface area contributed by atoms with Crippen LogP contribution in [0, 0.1) is 0 Å². The number of pyridine rings is 2. The Hall–Kier alpha value is -1.85. The molecule has 2 heterocycles. The molecule has 0 radical (unpaired) electrons. The number of nitrogens with two attached hydrogens (primary N) is 1. The van der Waals surface area contributed by atoms with Gasteiger partial charge in [-0.1, -0.05) is 23.2 Å². The third kappa shape index (κ3) is 2.69. The van der Waals surface area contributed by atoms with Crippen LogP contribution in [0.4, 0.5) is 16.2 Å². The van der Waals surface area contributed by atoms with Crippen LogP contribution < -0.4 is 10.6 Å². The van der Waals surface area contributed by atoms with E-state index in [0.717, 1.165) is 0 Å². The monoisotopic (exact) mass is 282 g/mol. The number of anilines is 2. The highest BCUT2D eigenvalue weighted by molar-refractivity contribution is 6.30. The van der Waals surface area contributed by atoms with Crippen molar-refractivity contribution in [1.29, 1.82) is 0 Å². The number of hydrogen-bond acceptors (Lipinski definition) is 3. The molecule has 2 amide bonds. The van der Waals surface area contributed by atoms with Crippen molar-refractivity contribution in [3.8, 4) is 0 Å². The van der Waals surface area contributed by atoms with Gasteiger partial charge in [-0.15, -0.1) is 0 Å². The molecule has 5 nitrogen and oxygen atoms in total. The second-order valence-corrected chi connectivity index (χ2v) is 4.12. The highest BCUT2D eigenvalue weighted by atomic mass is 35.5. The number of carbonyl (C=O) groups is 1. The summed E-state index contributed by atoms with van der Waals surface area (Å²) in [6.45, 7) is 0. The predicted molar refractivity (Wildman–Crippen MR) is 70.2 cm³/mol. The number of rotatable bonds is 2. The summed E-state index contributed by atoms with van der Waals surface area (Å²) in [5.74, 6) is 0. The van der Waals surface area contributed by atoms with Crippen LogP contribution in [-0.2, 0) is 0 Å². The van der Waals surface area contributed by atoms with E-state index in [1.165, 1.54) is 29.4 Å². The average molecular weight is 283 g/mol. The summed E-state index contributed by atoms with van der Waals surface area (Å²) in [5.41, 5.74) is 6.37. The molecule has 0 aliphatic heterocycles. The Kier molecular flexibility index (Phi) is 3.64. The molecule has 2 N–H and O–H groups in total. The first kappa shape index (κ1) is 12.6. The van der Waals surface area contributed by atoms with Gasteiger partial charge in [-0.25, -0.2) is 14.8 Å². The first-order valence-electron chi connectivity index (χ1n) is 4.90. The van der Waals surface area contributed by atoms with Gasteiger partial charge in [0.1, 0.15) is 10.3 Å². The Bertz CT molecular complexity index is 545. The summed E-state index contributed by atoms with van der Waals surface area (Å²) in [6.07, 6.45) is 2.97. The fraction of sp³-hybridized carbons (Fsp3) is 0. The van der Waals surface area contributed by atoms with Crippen molar-refractivity contribution in [2.75, 3.05) is 4.90 Å². The summed E-state index contributed by atoms with van der Waals surface area (Å²) in [6, 6.07) is 5.64. The van der Waals surface area contributed by atoms with Crippen molar-refractivity contribution in [2.24, 2.45) is 5.73 Å². The number of aromatic nitrogens is 2. The second-order valence-electron chi connectivity index (χ2n) is 3.35. The fourth-order valence-corrected chi connectivity index (χ4v) is 1.80. The minimum atomic E-state index is -0.653. The van der Waals surface area contributed by atoms with Crippen LogP contribution in [0.5, 0.6) is 0 Å². The van der Waals surface area contributed by atoms with Gasteiger partial charge >= 0.3 is 6.03 Å². The van der Waals surface area contributed by atoms with Gasteiger partial charge in [0, 0.05) is 12.4 Å². The van der Waals surface area contributed by atoms with Crippen LogP contribution in [0.2, 0.25) is 10.3 Å². The maximum absolute atomic E-state index is 11.5. The SMILES string of the molecule is NC(=O)N(c1ccnc(Cl)c1)c1ccnc(Cl)c1. The van der Waals surface area contributed by atoms with Crippen LogP contribution >= 0.6 is 23.2 Å². The Morgan fingerprint density at radius 3 is 1.83 bits per heavy atom. The summed E-state index contributed by atoms with van der Waals surface area (Å²) < 4.78 is 0. The molecule has 7 heteroatoms. The average Bonchev–Trinajstić information content (AvgIpc) is 2.28. The lowest BCUT2D eigenvalue weighted by atomic mass is 10.3. The van der Waals surface area contributed by atoms with Gasteiger partial charge < -0.3 is 5.73 Å².